The van der Waals surface area contributed by atoms with E-state index in [1.807, 2.05) is 42.5 Å². The van der Waals surface area contributed by atoms with Gasteiger partial charge >= 0.3 is 0 Å². The van der Waals surface area contributed by atoms with E-state index in [1.54, 1.807) is 19.1 Å². The Labute approximate surface area is 174 Å². The molecule has 0 amide bonds. The van der Waals surface area contributed by atoms with Crippen molar-refractivity contribution < 1.29 is 13.5 Å². The lowest BCUT2D eigenvalue weighted by atomic mass is 9.94. The van der Waals surface area contributed by atoms with E-state index in [-0.39, 0.29) is 21.5 Å². The van der Waals surface area contributed by atoms with Gasteiger partial charge in [0.2, 0.25) is 10.0 Å². The quantitative estimate of drug-likeness (QED) is 0.581. The summed E-state index contributed by atoms with van der Waals surface area (Å²) in [6, 6.07) is 21.4. The van der Waals surface area contributed by atoms with Crippen LogP contribution in [0.5, 0.6) is 0 Å². The van der Waals surface area contributed by atoms with Gasteiger partial charge in [-0.15, -0.1) is 0 Å². The van der Waals surface area contributed by atoms with Gasteiger partial charge in [-0.05, 0) is 41.8 Å². The van der Waals surface area contributed by atoms with Gasteiger partial charge in [0.1, 0.15) is 10.5 Å². The third kappa shape index (κ3) is 4.74. The molecule has 1 atom stereocenters. The second-order valence-corrected chi connectivity index (χ2v) is 9.20. The Kier molecular flexibility index (Phi) is 6.12. The minimum atomic E-state index is -3.93. The fraction of sp³-hybridized carbons (Fsp3) is 0.143. The molecule has 28 heavy (non-hydrogen) atoms. The molecule has 0 saturated heterocycles. The van der Waals surface area contributed by atoms with Crippen molar-refractivity contribution >= 4 is 33.2 Å². The molecular formula is C21H19Cl2NO3S. The lowest BCUT2D eigenvalue weighted by Gasteiger charge is -2.24. The molecule has 0 radical (unpaired) electrons. The maximum Gasteiger partial charge on any atom is 0.242 e. The number of hydrogen-bond acceptors (Lipinski definition) is 3. The van der Waals surface area contributed by atoms with E-state index >= 15 is 0 Å². The predicted octanol–water partition coefficient (Wildman–Crippen LogP) is 4.85. The molecule has 0 aliphatic carbocycles. The van der Waals surface area contributed by atoms with Gasteiger partial charge < -0.3 is 5.11 Å². The van der Waals surface area contributed by atoms with Crippen LogP contribution >= 0.6 is 23.2 Å². The molecule has 2 N–H and O–H groups in total. The first kappa shape index (κ1) is 20.8. The van der Waals surface area contributed by atoms with Crippen LogP contribution in [0.4, 0.5) is 0 Å². The maximum absolute atomic E-state index is 12.6. The number of aliphatic hydroxyl groups is 1. The molecule has 3 rings (SSSR count). The minimum Gasteiger partial charge on any atom is -0.384 e. The van der Waals surface area contributed by atoms with Crippen LogP contribution in [0, 0.1) is 0 Å². The normalized spacial score (nSPS) is 13.9. The monoisotopic (exact) mass is 435 g/mol. The summed E-state index contributed by atoms with van der Waals surface area (Å²) >= 11 is 11.9. The van der Waals surface area contributed by atoms with E-state index in [1.165, 1.54) is 18.2 Å². The molecule has 0 saturated carbocycles. The largest absolute Gasteiger partial charge is 0.384 e. The third-order valence-corrected chi connectivity index (χ3v) is 6.52. The van der Waals surface area contributed by atoms with Crippen molar-refractivity contribution in [2.45, 2.75) is 17.4 Å². The van der Waals surface area contributed by atoms with Crippen LogP contribution < -0.4 is 4.72 Å². The smallest absolute Gasteiger partial charge is 0.242 e. The topological polar surface area (TPSA) is 66.4 Å². The molecule has 7 heteroatoms. The Morgan fingerprint density at radius 3 is 2.18 bits per heavy atom. The Balaban J connectivity index is 1.77. The first-order valence-corrected chi connectivity index (χ1v) is 10.8. The van der Waals surface area contributed by atoms with Crippen molar-refractivity contribution in [1.29, 1.82) is 0 Å². The zero-order valence-corrected chi connectivity index (χ0v) is 17.4. The summed E-state index contributed by atoms with van der Waals surface area (Å²) < 4.78 is 27.5. The molecule has 146 valence electrons. The van der Waals surface area contributed by atoms with Crippen molar-refractivity contribution in [3.8, 4) is 11.1 Å². The average molecular weight is 436 g/mol. The van der Waals surface area contributed by atoms with E-state index in [2.05, 4.69) is 4.72 Å². The fourth-order valence-corrected chi connectivity index (χ4v) is 4.64. The van der Waals surface area contributed by atoms with Gasteiger partial charge in [-0.3, -0.25) is 0 Å². The summed E-state index contributed by atoms with van der Waals surface area (Å²) in [5.74, 6) is 0. The summed E-state index contributed by atoms with van der Waals surface area (Å²) in [7, 11) is -3.93. The van der Waals surface area contributed by atoms with Gasteiger partial charge in [0.15, 0.2) is 0 Å². The van der Waals surface area contributed by atoms with E-state index in [0.29, 0.717) is 5.56 Å². The standard InChI is InChI=1S/C21H19Cl2NO3S/c1-21(25,14-24-28(26,27)20-13-18(22)11-12-19(20)23)17-9-7-16(8-10-17)15-5-3-2-4-6-15/h2-13,24-25H,14H2,1H3. The average Bonchev–Trinajstić information content (AvgIpc) is 2.69. The molecule has 3 aromatic carbocycles. The summed E-state index contributed by atoms with van der Waals surface area (Å²) in [5.41, 5.74) is 1.25. The van der Waals surface area contributed by atoms with Crippen LogP contribution in [0.1, 0.15) is 12.5 Å². The van der Waals surface area contributed by atoms with Gasteiger partial charge in [-0.1, -0.05) is 77.8 Å². The van der Waals surface area contributed by atoms with Gasteiger partial charge in [-0.2, -0.15) is 0 Å². The highest BCUT2D eigenvalue weighted by molar-refractivity contribution is 7.89. The van der Waals surface area contributed by atoms with Crippen LogP contribution in [0.3, 0.4) is 0 Å². The molecular weight excluding hydrogens is 417 g/mol. The second kappa shape index (κ2) is 8.23. The van der Waals surface area contributed by atoms with E-state index in [0.717, 1.165) is 11.1 Å². The molecule has 0 aliphatic heterocycles. The molecule has 3 aromatic rings. The zero-order valence-electron chi connectivity index (χ0n) is 15.1. The Morgan fingerprint density at radius 2 is 1.54 bits per heavy atom. The molecule has 0 heterocycles. The molecule has 0 aliphatic rings. The molecule has 0 aromatic heterocycles. The van der Waals surface area contributed by atoms with Crippen molar-refractivity contribution in [2.75, 3.05) is 6.54 Å². The van der Waals surface area contributed by atoms with Crippen molar-refractivity contribution in [3.05, 3.63) is 88.4 Å². The van der Waals surface area contributed by atoms with Gasteiger partial charge in [0, 0.05) is 11.6 Å². The summed E-state index contributed by atoms with van der Waals surface area (Å²) in [4.78, 5) is -0.128. The minimum absolute atomic E-state index is 0.0590. The van der Waals surface area contributed by atoms with Gasteiger partial charge in [0.05, 0.1) is 5.02 Å². The SMILES string of the molecule is CC(O)(CNS(=O)(=O)c1cc(Cl)ccc1Cl)c1ccc(-c2ccccc2)cc1. The number of rotatable bonds is 6. The highest BCUT2D eigenvalue weighted by Gasteiger charge is 2.27. The van der Waals surface area contributed by atoms with Crippen LogP contribution in [-0.4, -0.2) is 20.1 Å². The van der Waals surface area contributed by atoms with E-state index in [9.17, 15) is 13.5 Å². The lowest BCUT2D eigenvalue weighted by molar-refractivity contribution is 0.0627. The molecule has 4 nitrogen and oxygen atoms in total. The van der Waals surface area contributed by atoms with Crippen LogP contribution in [0.15, 0.2) is 77.7 Å². The Morgan fingerprint density at radius 1 is 0.929 bits per heavy atom. The van der Waals surface area contributed by atoms with E-state index < -0.39 is 15.6 Å². The number of benzene rings is 3. The van der Waals surface area contributed by atoms with Crippen LogP contribution in [0.25, 0.3) is 11.1 Å². The van der Waals surface area contributed by atoms with Gasteiger partial charge in [-0.25, -0.2) is 13.1 Å². The summed E-state index contributed by atoms with van der Waals surface area (Å²) in [6.07, 6.45) is 0. The number of nitrogens with one attached hydrogen (secondary N) is 1. The first-order valence-electron chi connectivity index (χ1n) is 8.52. The van der Waals surface area contributed by atoms with E-state index in [4.69, 9.17) is 23.2 Å². The van der Waals surface area contributed by atoms with Crippen LogP contribution in [-0.2, 0) is 15.6 Å². The van der Waals surface area contributed by atoms with Crippen molar-refractivity contribution in [2.24, 2.45) is 0 Å². The zero-order chi connectivity index (χ0) is 20.4. The highest BCUT2D eigenvalue weighted by Crippen LogP contribution is 2.27. The molecule has 0 fully saturated rings. The summed E-state index contributed by atoms with van der Waals surface area (Å²) in [6.45, 7) is 1.33. The molecule has 0 bridgehead atoms. The van der Waals surface area contributed by atoms with Crippen molar-refractivity contribution in [3.63, 3.8) is 0 Å². The maximum atomic E-state index is 12.6. The Hall–Kier alpha value is -1.89. The fourth-order valence-electron chi connectivity index (χ4n) is 2.75. The Bertz CT molecular complexity index is 1070. The van der Waals surface area contributed by atoms with Crippen LogP contribution in [0.2, 0.25) is 10.0 Å². The predicted molar refractivity (Wildman–Crippen MR) is 113 cm³/mol. The highest BCUT2D eigenvalue weighted by atomic mass is 35.5. The lowest BCUT2D eigenvalue weighted by Crippen LogP contribution is -2.38. The number of halogens is 2. The van der Waals surface area contributed by atoms with Gasteiger partial charge in [0.25, 0.3) is 0 Å². The molecule has 1 unspecified atom stereocenters. The third-order valence-electron chi connectivity index (χ3n) is 4.40. The second-order valence-electron chi connectivity index (χ2n) is 6.62. The van der Waals surface area contributed by atoms with Crippen molar-refractivity contribution in [1.82, 2.24) is 4.72 Å². The number of hydrogen-bond donors (Lipinski definition) is 2. The summed E-state index contributed by atoms with van der Waals surface area (Å²) in [5, 5.41) is 11.1. The molecule has 0 spiro atoms. The number of sulfonamides is 1. The first-order chi connectivity index (χ1) is 13.2.